The molecule has 0 radical (unpaired) electrons. The molecule has 70 heavy (non-hydrogen) atoms. The Morgan fingerprint density at radius 2 is 1.76 bits per heavy atom. The van der Waals surface area contributed by atoms with Crippen LogP contribution in [0.15, 0.2) is 53.3 Å². The average molecular weight is 971 g/mol. The van der Waals surface area contributed by atoms with E-state index >= 15 is 0 Å². The van der Waals surface area contributed by atoms with Crippen molar-refractivity contribution in [2.24, 2.45) is 0 Å². The molecule has 5 heterocycles. The van der Waals surface area contributed by atoms with E-state index in [1.807, 2.05) is 0 Å². The number of aliphatic carboxylic acids is 1. The highest BCUT2D eigenvalue weighted by Crippen LogP contribution is 2.42. The van der Waals surface area contributed by atoms with Gasteiger partial charge in [0.05, 0.1) is 47.3 Å². The number of ether oxygens (including phenoxy) is 6. The second-order valence-electron chi connectivity index (χ2n) is 16.4. The first-order chi connectivity index (χ1) is 33.5. The maximum atomic E-state index is 14.0. The molecule has 3 aliphatic heterocycles. The van der Waals surface area contributed by atoms with Gasteiger partial charge in [0.1, 0.15) is 31.0 Å². The number of aldehydes is 1. The number of benzene rings is 2. The third-order valence-electron chi connectivity index (χ3n) is 11.6. The number of likely N-dealkylation sites (N-methyl/N-ethyl adjacent to an activating group) is 1. The third-order valence-corrected chi connectivity index (χ3v) is 11.6. The average Bonchev–Trinajstić information content (AvgIpc) is 3.94. The van der Waals surface area contributed by atoms with Crippen LogP contribution in [0.1, 0.15) is 61.8 Å². The Kier molecular flexibility index (Phi) is 15.6. The Hall–Kier alpha value is -8.05. The van der Waals surface area contributed by atoms with Crippen molar-refractivity contribution in [2.75, 3.05) is 38.8 Å². The number of hydrogen-bond donors (Lipinski definition) is 5. The Morgan fingerprint density at radius 3 is 2.49 bits per heavy atom. The quantitative estimate of drug-likeness (QED) is 0.0451. The largest absolute Gasteiger partial charge is 0.507 e. The molecule has 7 rings (SSSR count). The summed E-state index contributed by atoms with van der Waals surface area (Å²) in [7, 11) is 1.46. The second kappa shape index (κ2) is 21.9. The van der Waals surface area contributed by atoms with E-state index in [9.17, 15) is 53.7 Å². The second-order valence-corrected chi connectivity index (χ2v) is 16.4. The number of amides is 4. The van der Waals surface area contributed by atoms with Crippen LogP contribution in [0.3, 0.4) is 0 Å². The number of carbonyl (C=O) groups is 7. The summed E-state index contributed by atoms with van der Waals surface area (Å²) in [5.41, 5.74) is 2.09. The van der Waals surface area contributed by atoms with E-state index in [2.05, 4.69) is 10.6 Å². The molecule has 5 N–H and O–H groups in total. The van der Waals surface area contributed by atoms with Crippen LogP contribution in [0.25, 0.3) is 22.3 Å². The lowest BCUT2D eigenvalue weighted by molar-refractivity contribution is -0.195. The Bertz CT molecular complexity index is 2830. The number of carboxylic acids is 1. The zero-order valence-corrected chi connectivity index (χ0v) is 38.3. The van der Waals surface area contributed by atoms with Crippen LogP contribution in [-0.2, 0) is 69.3 Å². The lowest BCUT2D eigenvalue weighted by Crippen LogP contribution is -2.42. The number of rotatable bonds is 19. The first-order valence-corrected chi connectivity index (χ1v) is 22.1. The van der Waals surface area contributed by atoms with Gasteiger partial charge in [-0.2, -0.15) is 0 Å². The molecule has 0 saturated carbocycles. The van der Waals surface area contributed by atoms with Gasteiger partial charge in [0.25, 0.3) is 5.56 Å². The molecular weight excluding hydrogens is 921 g/mol. The summed E-state index contributed by atoms with van der Waals surface area (Å²) >= 11 is 0. The van der Waals surface area contributed by atoms with Crippen molar-refractivity contribution >= 4 is 58.6 Å². The van der Waals surface area contributed by atoms with Gasteiger partial charge in [0.15, 0.2) is 17.6 Å². The monoisotopic (exact) mass is 970 g/mol. The minimum absolute atomic E-state index is 0.00923. The van der Waals surface area contributed by atoms with Crippen molar-refractivity contribution in [2.45, 2.75) is 84.3 Å². The number of pyridine rings is 2. The van der Waals surface area contributed by atoms with Gasteiger partial charge in [-0.05, 0) is 42.3 Å². The number of carbonyl (C=O) groups excluding carboxylic acids is 6. The molecule has 3 aliphatic rings. The van der Waals surface area contributed by atoms with Crippen LogP contribution in [0.2, 0.25) is 0 Å². The van der Waals surface area contributed by atoms with E-state index in [1.54, 1.807) is 25.1 Å². The van der Waals surface area contributed by atoms with Crippen LogP contribution in [0.4, 0.5) is 10.5 Å². The summed E-state index contributed by atoms with van der Waals surface area (Å²) in [5.74, 6) is -2.87. The fourth-order valence-electron chi connectivity index (χ4n) is 7.90. The number of nitrogens with one attached hydrogen (secondary N) is 2. The molecule has 23 heteroatoms. The van der Waals surface area contributed by atoms with Crippen molar-refractivity contribution in [3.63, 3.8) is 0 Å². The molecule has 4 amide bonds. The van der Waals surface area contributed by atoms with E-state index < -0.39 is 66.4 Å². The Balaban J connectivity index is 1.08. The van der Waals surface area contributed by atoms with E-state index in [-0.39, 0.29) is 94.6 Å². The molecule has 0 bridgehead atoms. The van der Waals surface area contributed by atoms with Crippen molar-refractivity contribution in [1.29, 1.82) is 0 Å². The molecule has 23 nitrogen and oxygen atoms in total. The van der Waals surface area contributed by atoms with Gasteiger partial charge >= 0.3 is 18.0 Å². The van der Waals surface area contributed by atoms with E-state index in [0.29, 0.717) is 56.8 Å². The number of aliphatic hydroxyl groups is 1. The number of anilines is 1. The molecule has 1 saturated heterocycles. The van der Waals surface area contributed by atoms with Crippen molar-refractivity contribution in [3.8, 4) is 34.4 Å². The predicted octanol–water partition coefficient (Wildman–Crippen LogP) is 2.46. The summed E-state index contributed by atoms with van der Waals surface area (Å²) in [6, 6.07) is 9.27. The molecule has 2 aromatic carbocycles. The molecule has 1 fully saturated rings. The smallest absolute Gasteiger partial charge is 0.410 e. The van der Waals surface area contributed by atoms with E-state index in [1.165, 1.54) is 46.5 Å². The molecule has 4 aromatic rings. The number of aromatic nitrogens is 2. The van der Waals surface area contributed by atoms with Gasteiger partial charge in [-0.25, -0.2) is 14.6 Å². The van der Waals surface area contributed by atoms with E-state index in [0.717, 1.165) is 12.2 Å². The van der Waals surface area contributed by atoms with Gasteiger partial charge in [0.2, 0.25) is 30.8 Å². The standard InChI is InChI=1S/C47H50N6O17/c1-4-52(20-29-28-17-37-38(68-24-67-37)18-32(28)50-44-30(29)21-53-34(44)19-35(57)31(45(53)61)23-65-25(2)55)47(64)66-22-26-7-8-36(69-43-16-27(56)15-39(70-43)46(62)63)33(14-26)49-41(59)9-11-48-40(58)10-12-51(3)42(60)6-5-13-54/h5-8,13-14,17-19,27,39,43,56-57H,4,9-12,15-16,20-24H2,1-3H3,(H,48,58)(H,49,59)(H,62,63)/b6-5-. The topological polar surface area (TPSA) is 301 Å². The Labute approximate surface area is 398 Å². The SMILES string of the molecule is CCN(Cc1c2c(nc3cc4c(cc13)OCO4)-c1cc(O)c(COC(C)=O)c(=O)n1C2)C(=O)OCc1ccc(OC2CC(O)CC(C(=O)O)O2)c(NC(=O)CCNC(=O)CCN(C)C(=O)/C=C\C=O)c1. The summed E-state index contributed by atoms with van der Waals surface area (Å²) in [6.45, 7) is 2.25. The summed E-state index contributed by atoms with van der Waals surface area (Å²) < 4.78 is 35.1. The summed E-state index contributed by atoms with van der Waals surface area (Å²) in [5, 5.41) is 36.7. The molecule has 370 valence electrons. The van der Waals surface area contributed by atoms with Crippen molar-refractivity contribution in [3.05, 3.63) is 81.2 Å². The predicted molar refractivity (Wildman–Crippen MR) is 242 cm³/mol. The number of hydrogen-bond acceptors (Lipinski definition) is 17. The fraction of sp³-hybridized carbons (Fsp3) is 0.383. The highest BCUT2D eigenvalue weighted by molar-refractivity contribution is 5.94. The molecule has 0 aliphatic carbocycles. The maximum Gasteiger partial charge on any atom is 0.410 e. The lowest BCUT2D eigenvalue weighted by Gasteiger charge is -2.31. The number of esters is 1. The van der Waals surface area contributed by atoms with Crippen LogP contribution in [0, 0.1) is 0 Å². The molecule has 2 aromatic heterocycles. The van der Waals surface area contributed by atoms with Crippen LogP contribution >= 0.6 is 0 Å². The molecule has 0 spiro atoms. The molecular formula is C47H50N6O17. The van der Waals surface area contributed by atoms with Crippen LogP contribution in [-0.4, -0.2) is 129 Å². The number of aliphatic hydroxyl groups excluding tert-OH is 1. The summed E-state index contributed by atoms with van der Waals surface area (Å²) in [4.78, 5) is 107. The number of nitrogens with zero attached hydrogens (tertiary/aromatic N) is 4. The van der Waals surface area contributed by atoms with Gasteiger partial charge in [-0.3, -0.25) is 28.8 Å². The number of fused-ring (bicyclic) bond motifs is 5. The number of aromatic hydroxyl groups is 1. The minimum atomic E-state index is -1.35. The highest BCUT2D eigenvalue weighted by atomic mass is 16.7. The zero-order valence-electron chi connectivity index (χ0n) is 38.3. The third kappa shape index (κ3) is 11.6. The minimum Gasteiger partial charge on any atom is -0.507 e. The number of carboxylic acid groups (broad SMARTS) is 1. The highest BCUT2D eigenvalue weighted by Gasteiger charge is 2.35. The van der Waals surface area contributed by atoms with Crippen LogP contribution < -0.4 is 30.4 Å². The van der Waals surface area contributed by atoms with Gasteiger partial charge in [-0.1, -0.05) is 6.07 Å². The lowest BCUT2D eigenvalue weighted by atomic mass is 9.99. The molecule has 3 unspecified atom stereocenters. The van der Waals surface area contributed by atoms with Crippen molar-refractivity contribution in [1.82, 2.24) is 24.7 Å². The first-order valence-electron chi connectivity index (χ1n) is 22.1. The Morgan fingerprint density at radius 1 is 0.986 bits per heavy atom. The summed E-state index contributed by atoms with van der Waals surface area (Å²) in [6.07, 6.45) is -2.32. The van der Waals surface area contributed by atoms with Crippen LogP contribution in [0.5, 0.6) is 23.0 Å². The number of allylic oxidation sites excluding steroid dienone is 1. The van der Waals surface area contributed by atoms with Gasteiger partial charge in [0, 0.05) is 88.4 Å². The zero-order chi connectivity index (χ0) is 50.2. The van der Waals surface area contributed by atoms with E-state index in [4.69, 9.17) is 33.4 Å². The first kappa shape index (κ1) is 49.8. The normalized spacial score (nSPS) is 16.5. The molecule has 3 atom stereocenters. The maximum absolute atomic E-state index is 14.0. The van der Waals surface area contributed by atoms with Crippen molar-refractivity contribution < 1.29 is 77.3 Å². The fourth-order valence-corrected chi connectivity index (χ4v) is 7.90. The van der Waals surface area contributed by atoms with Gasteiger partial charge < -0.3 is 68.7 Å². The van der Waals surface area contributed by atoms with Gasteiger partial charge in [-0.15, -0.1) is 0 Å².